The molecule has 0 spiro atoms. The Bertz CT molecular complexity index is 810. The Morgan fingerprint density at radius 3 is 2.72 bits per heavy atom. The summed E-state index contributed by atoms with van der Waals surface area (Å²) >= 11 is 0. The number of para-hydroxylation sites is 1. The van der Waals surface area contributed by atoms with Gasteiger partial charge in [-0.2, -0.15) is 5.26 Å². The molecule has 0 aromatic heterocycles. The maximum absolute atomic E-state index is 10.8. The van der Waals surface area contributed by atoms with Gasteiger partial charge in [-0.3, -0.25) is 10.1 Å². The van der Waals surface area contributed by atoms with Gasteiger partial charge in [0.25, 0.3) is 5.69 Å². The van der Waals surface area contributed by atoms with Crippen molar-refractivity contribution >= 4 is 17.1 Å². The molecule has 1 aliphatic rings. The normalized spacial score (nSPS) is 14.0. The van der Waals surface area contributed by atoms with Gasteiger partial charge in [0, 0.05) is 37.5 Å². The van der Waals surface area contributed by atoms with Crippen LogP contribution >= 0.6 is 0 Å². The molecule has 1 fully saturated rings. The smallest absolute Gasteiger partial charge is 0.270 e. The Kier molecular flexibility index (Phi) is 5.11. The number of morpholine rings is 1. The largest absolute Gasteiger partial charge is 0.380 e. The zero-order valence-electron chi connectivity index (χ0n) is 13.6. The number of nitrogens with one attached hydrogen (secondary N) is 1. The van der Waals surface area contributed by atoms with Gasteiger partial charge in [-0.15, -0.1) is 0 Å². The third-order valence-electron chi connectivity index (χ3n) is 4.15. The van der Waals surface area contributed by atoms with Crippen molar-refractivity contribution in [2.24, 2.45) is 0 Å². The summed E-state index contributed by atoms with van der Waals surface area (Å²) in [5.41, 5.74) is 3.00. The minimum Gasteiger partial charge on any atom is -0.380 e. The monoisotopic (exact) mass is 338 g/mol. The van der Waals surface area contributed by atoms with Crippen molar-refractivity contribution in [1.29, 1.82) is 5.26 Å². The minimum atomic E-state index is -0.502. The van der Waals surface area contributed by atoms with E-state index in [4.69, 9.17) is 4.74 Å². The molecule has 0 atom stereocenters. The van der Waals surface area contributed by atoms with Gasteiger partial charge >= 0.3 is 0 Å². The molecule has 1 heterocycles. The van der Waals surface area contributed by atoms with E-state index in [2.05, 4.69) is 16.3 Å². The molecular formula is C18H18N4O3. The summed E-state index contributed by atoms with van der Waals surface area (Å²) in [5, 5.41) is 23.3. The summed E-state index contributed by atoms with van der Waals surface area (Å²) < 4.78 is 5.40. The quantitative estimate of drug-likeness (QED) is 0.666. The summed E-state index contributed by atoms with van der Waals surface area (Å²) in [6.07, 6.45) is 0. The molecule has 1 N–H and O–H groups in total. The van der Waals surface area contributed by atoms with E-state index in [1.54, 1.807) is 6.07 Å². The van der Waals surface area contributed by atoms with E-state index in [1.807, 2.05) is 24.3 Å². The van der Waals surface area contributed by atoms with Crippen LogP contribution in [0.1, 0.15) is 11.1 Å². The van der Waals surface area contributed by atoms with Gasteiger partial charge in [-0.25, -0.2) is 0 Å². The number of ether oxygens (including phenoxy) is 1. The van der Waals surface area contributed by atoms with Crippen LogP contribution in [0.25, 0.3) is 0 Å². The van der Waals surface area contributed by atoms with E-state index in [9.17, 15) is 15.4 Å². The number of hydrogen-bond acceptors (Lipinski definition) is 6. The van der Waals surface area contributed by atoms with Crippen molar-refractivity contribution < 1.29 is 9.66 Å². The second kappa shape index (κ2) is 7.64. The average molecular weight is 338 g/mol. The van der Waals surface area contributed by atoms with Crippen molar-refractivity contribution in [1.82, 2.24) is 0 Å². The number of non-ortho nitro benzene ring substituents is 1. The zero-order chi connectivity index (χ0) is 17.6. The van der Waals surface area contributed by atoms with E-state index < -0.39 is 4.92 Å². The Morgan fingerprint density at radius 2 is 2.00 bits per heavy atom. The number of anilines is 2. The summed E-state index contributed by atoms with van der Waals surface area (Å²) in [6.45, 7) is 3.64. The third kappa shape index (κ3) is 3.87. The lowest BCUT2D eigenvalue weighted by Gasteiger charge is -2.30. The molecular weight excluding hydrogens is 320 g/mol. The zero-order valence-corrected chi connectivity index (χ0v) is 13.6. The van der Waals surface area contributed by atoms with Crippen LogP contribution < -0.4 is 10.2 Å². The molecule has 0 unspecified atom stereocenters. The molecule has 0 bridgehead atoms. The van der Waals surface area contributed by atoms with Crippen molar-refractivity contribution in [3.8, 4) is 6.07 Å². The fourth-order valence-corrected chi connectivity index (χ4v) is 2.86. The average Bonchev–Trinajstić information content (AvgIpc) is 2.67. The highest BCUT2D eigenvalue weighted by molar-refractivity contribution is 5.62. The van der Waals surface area contributed by atoms with Gasteiger partial charge in [0.05, 0.1) is 29.4 Å². The first-order chi connectivity index (χ1) is 12.2. The molecule has 7 heteroatoms. The van der Waals surface area contributed by atoms with Gasteiger partial charge in [0.15, 0.2) is 0 Å². The first kappa shape index (κ1) is 16.7. The van der Waals surface area contributed by atoms with Crippen LogP contribution in [0.4, 0.5) is 17.1 Å². The molecule has 3 rings (SSSR count). The van der Waals surface area contributed by atoms with Crippen LogP contribution in [0.3, 0.4) is 0 Å². The number of benzene rings is 2. The Hall–Kier alpha value is -3.11. The first-order valence-corrected chi connectivity index (χ1v) is 8.02. The van der Waals surface area contributed by atoms with Crippen LogP contribution in [0.2, 0.25) is 0 Å². The Labute approximate surface area is 145 Å². The molecule has 0 radical (unpaired) electrons. The van der Waals surface area contributed by atoms with Crippen molar-refractivity contribution in [3.05, 3.63) is 63.7 Å². The molecule has 0 saturated carbocycles. The molecule has 0 aliphatic carbocycles. The topological polar surface area (TPSA) is 91.4 Å². The minimum absolute atomic E-state index is 0.0872. The van der Waals surface area contributed by atoms with Gasteiger partial charge in [0.1, 0.15) is 6.07 Å². The van der Waals surface area contributed by atoms with E-state index in [1.165, 1.54) is 12.1 Å². The maximum Gasteiger partial charge on any atom is 0.270 e. The van der Waals surface area contributed by atoms with Crippen LogP contribution in [-0.4, -0.2) is 31.2 Å². The second-order valence-corrected chi connectivity index (χ2v) is 5.68. The number of hydrogen-bond donors (Lipinski definition) is 1. The fraction of sp³-hybridized carbons (Fsp3) is 0.278. The van der Waals surface area contributed by atoms with Gasteiger partial charge in [0.2, 0.25) is 0 Å². The van der Waals surface area contributed by atoms with E-state index in [-0.39, 0.29) is 11.3 Å². The highest BCUT2D eigenvalue weighted by Gasteiger charge is 2.15. The lowest BCUT2D eigenvalue weighted by atomic mass is 10.1. The van der Waals surface area contributed by atoms with Crippen LogP contribution in [0, 0.1) is 21.4 Å². The maximum atomic E-state index is 10.8. The predicted octanol–water partition coefficient (Wildman–Crippen LogP) is 2.92. The number of nitriles is 1. The Morgan fingerprint density at radius 1 is 1.24 bits per heavy atom. The van der Waals surface area contributed by atoms with Crippen molar-refractivity contribution in [2.75, 3.05) is 36.5 Å². The van der Waals surface area contributed by atoms with Gasteiger partial charge in [-0.05, 0) is 17.7 Å². The van der Waals surface area contributed by atoms with Gasteiger partial charge < -0.3 is 15.0 Å². The molecule has 7 nitrogen and oxygen atoms in total. The van der Waals surface area contributed by atoms with E-state index in [0.29, 0.717) is 25.4 Å². The van der Waals surface area contributed by atoms with E-state index >= 15 is 0 Å². The number of nitrogens with zero attached hydrogens (tertiary/aromatic N) is 3. The predicted molar refractivity (Wildman–Crippen MR) is 94.6 cm³/mol. The van der Waals surface area contributed by atoms with Crippen molar-refractivity contribution in [3.63, 3.8) is 0 Å². The lowest BCUT2D eigenvalue weighted by Crippen LogP contribution is -2.36. The summed E-state index contributed by atoms with van der Waals surface area (Å²) in [6, 6.07) is 14.4. The molecule has 1 aliphatic heterocycles. The lowest BCUT2D eigenvalue weighted by molar-refractivity contribution is -0.384. The molecule has 2 aromatic rings. The summed E-state index contributed by atoms with van der Waals surface area (Å²) in [4.78, 5) is 12.6. The standard InChI is InChI=1S/C18H18N4O3/c19-12-15-11-16(22(23)24)5-6-17(15)20-13-14-3-1-2-4-18(14)21-7-9-25-10-8-21/h1-6,11,20H,7-10,13H2. The summed E-state index contributed by atoms with van der Waals surface area (Å²) in [7, 11) is 0. The molecule has 0 amide bonds. The van der Waals surface area contributed by atoms with Gasteiger partial charge in [-0.1, -0.05) is 18.2 Å². The number of nitro benzene ring substituents is 1. The third-order valence-corrected chi connectivity index (χ3v) is 4.15. The van der Waals surface area contributed by atoms with Crippen LogP contribution in [0.5, 0.6) is 0 Å². The second-order valence-electron chi connectivity index (χ2n) is 5.68. The molecule has 128 valence electrons. The number of rotatable bonds is 5. The highest BCUT2D eigenvalue weighted by atomic mass is 16.6. The fourth-order valence-electron chi connectivity index (χ4n) is 2.86. The molecule has 2 aromatic carbocycles. The first-order valence-electron chi connectivity index (χ1n) is 8.02. The Balaban J connectivity index is 1.78. The number of nitro groups is 1. The molecule has 25 heavy (non-hydrogen) atoms. The SMILES string of the molecule is N#Cc1cc([N+](=O)[O-])ccc1NCc1ccccc1N1CCOCC1. The summed E-state index contributed by atoms with van der Waals surface area (Å²) in [5.74, 6) is 0. The highest BCUT2D eigenvalue weighted by Crippen LogP contribution is 2.25. The van der Waals surface area contributed by atoms with Crippen LogP contribution in [0.15, 0.2) is 42.5 Å². The van der Waals surface area contributed by atoms with Crippen molar-refractivity contribution in [2.45, 2.75) is 6.54 Å². The van der Waals surface area contributed by atoms with Crippen LogP contribution in [-0.2, 0) is 11.3 Å². The molecule has 1 saturated heterocycles. The van der Waals surface area contributed by atoms with E-state index in [0.717, 1.165) is 24.3 Å².